The van der Waals surface area contributed by atoms with Crippen LogP contribution in [0, 0.1) is 5.92 Å². The Balaban J connectivity index is 1.66. The number of rotatable bonds is 2. The zero-order valence-electron chi connectivity index (χ0n) is 9.84. The van der Waals surface area contributed by atoms with Crippen LogP contribution < -0.4 is 0 Å². The van der Waals surface area contributed by atoms with Crippen molar-refractivity contribution in [3.63, 3.8) is 0 Å². The third-order valence-electron chi connectivity index (χ3n) is 3.86. The molecule has 3 aliphatic heterocycles. The van der Waals surface area contributed by atoms with Crippen LogP contribution in [0.25, 0.3) is 0 Å². The van der Waals surface area contributed by atoms with E-state index in [4.69, 9.17) is 4.74 Å². The lowest BCUT2D eigenvalue weighted by Gasteiger charge is -2.43. The maximum atomic E-state index is 11.9. The van der Waals surface area contributed by atoms with Gasteiger partial charge in [0.25, 0.3) is 0 Å². The maximum Gasteiger partial charge on any atom is 0.338 e. The molecular weight excluding hydrogens is 214 g/mol. The van der Waals surface area contributed by atoms with Crippen LogP contribution in [0.2, 0.25) is 0 Å². The first-order valence-corrected chi connectivity index (χ1v) is 6.31. The number of esters is 1. The molecule has 0 N–H and O–H groups in total. The molecule has 0 unspecified atom stereocenters. The van der Waals surface area contributed by atoms with Crippen molar-refractivity contribution in [1.82, 2.24) is 4.90 Å². The number of carbonyl (C=O) groups excluding carboxylic acids is 1. The Morgan fingerprint density at radius 2 is 1.88 bits per heavy atom. The molecule has 2 bridgehead atoms. The first kappa shape index (κ1) is 10.8. The monoisotopic (exact) mass is 231 g/mol. The molecule has 4 rings (SSSR count). The highest BCUT2D eigenvalue weighted by Crippen LogP contribution is 2.29. The second kappa shape index (κ2) is 4.49. The molecule has 1 aromatic rings. The number of fused-ring (bicyclic) bond motifs is 3. The molecule has 0 amide bonds. The third kappa shape index (κ3) is 2.20. The largest absolute Gasteiger partial charge is 0.457 e. The van der Waals surface area contributed by atoms with Crippen molar-refractivity contribution in [2.24, 2.45) is 5.92 Å². The molecule has 3 fully saturated rings. The second-order valence-electron chi connectivity index (χ2n) is 4.95. The van der Waals surface area contributed by atoms with Gasteiger partial charge < -0.3 is 4.74 Å². The van der Waals surface area contributed by atoms with Crippen molar-refractivity contribution < 1.29 is 9.53 Å². The maximum absolute atomic E-state index is 11.9. The fraction of sp³-hybridized carbons (Fsp3) is 0.500. The van der Waals surface area contributed by atoms with Crippen LogP contribution in [0.15, 0.2) is 30.3 Å². The normalized spacial score (nSPS) is 31.2. The van der Waals surface area contributed by atoms with Crippen molar-refractivity contribution >= 4 is 5.97 Å². The Hall–Kier alpha value is -1.35. The minimum atomic E-state index is -0.177. The summed E-state index contributed by atoms with van der Waals surface area (Å²) in [6.07, 6.45) is 2.45. The zero-order valence-corrected chi connectivity index (χ0v) is 9.84. The van der Waals surface area contributed by atoms with Crippen LogP contribution in [0.4, 0.5) is 0 Å². The lowest BCUT2D eigenvalue weighted by molar-refractivity contribution is -0.0455. The van der Waals surface area contributed by atoms with Crippen LogP contribution in [-0.4, -0.2) is 36.6 Å². The average Bonchev–Trinajstić information content (AvgIpc) is 2.41. The topological polar surface area (TPSA) is 29.5 Å². The predicted molar refractivity (Wildman–Crippen MR) is 64.8 cm³/mol. The van der Waals surface area contributed by atoms with Crippen molar-refractivity contribution in [2.45, 2.75) is 18.9 Å². The van der Waals surface area contributed by atoms with Crippen molar-refractivity contribution in [1.29, 1.82) is 0 Å². The summed E-state index contributed by atoms with van der Waals surface area (Å²) in [5.41, 5.74) is 0.656. The van der Waals surface area contributed by atoms with E-state index in [1.807, 2.05) is 30.3 Å². The Labute approximate surface area is 101 Å². The molecule has 1 atom stereocenters. The molecule has 17 heavy (non-hydrogen) atoms. The first-order chi connectivity index (χ1) is 8.33. The van der Waals surface area contributed by atoms with Gasteiger partial charge in [0.2, 0.25) is 0 Å². The molecule has 3 saturated heterocycles. The van der Waals surface area contributed by atoms with Crippen LogP contribution in [0.1, 0.15) is 23.2 Å². The number of hydrogen-bond donors (Lipinski definition) is 0. The number of benzene rings is 1. The zero-order chi connectivity index (χ0) is 11.7. The molecule has 90 valence electrons. The highest BCUT2D eigenvalue weighted by molar-refractivity contribution is 5.89. The quantitative estimate of drug-likeness (QED) is 0.728. The van der Waals surface area contributed by atoms with Gasteiger partial charge >= 0.3 is 5.97 Å². The molecular formula is C14H17NO2. The van der Waals surface area contributed by atoms with Crippen LogP contribution in [0.3, 0.4) is 0 Å². The van der Waals surface area contributed by atoms with Gasteiger partial charge in [0, 0.05) is 6.54 Å². The minimum Gasteiger partial charge on any atom is -0.457 e. The molecule has 0 aliphatic carbocycles. The van der Waals surface area contributed by atoms with E-state index < -0.39 is 0 Å². The van der Waals surface area contributed by atoms with Gasteiger partial charge in [-0.05, 0) is 44.0 Å². The summed E-state index contributed by atoms with van der Waals surface area (Å²) in [4.78, 5) is 14.3. The standard InChI is InChI=1S/C14H17NO2/c16-14(12-4-2-1-3-5-12)17-13-10-15-8-6-11(13)7-9-15/h1-5,11,13H,6-10H2/t13-/m0/s1. The van der Waals surface area contributed by atoms with Crippen molar-refractivity contribution in [2.75, 3.05) is 19.6 Å². The van der Waals surface area contributed by atoms with E-state index in [0.29, 0.717) is 11.5 Å². The highest BCUT2D eigenvalue weighted by atomic mass is 16.5. The summed E-state index contributed by atoms with van der Waals surface area (Å²) in [5, 5.41) is 0. The van der Waals surface area contributed by atoms with E-state index in [0.717, 1.165) is 6.54 Å². The summed E-state index contributed by atoms with van der Waals surface area (Å²) in [5.74, 6) is 0.400. The van der Waals surface area contributed by atoms with Crippen LogP contribution >= 0.6 is 0 Å². The SMILES string of the molecule is O=C(O[C@H]1CN2CCC1CC2)c1ccccc1. The number of piperidine rings is 3. The molecule has 0 aromatic heterocycles. The van der Waals surface area contributed by atoms with Crippen molar-refractivity contribution in [3.05, 3.63) is 35.9 Å². The number of nitrogens with zero attached hydrogens (tertiary/aromatic N) is 1. The summed E-state index contributed by atoms with van der Waals surface area (Å²) >= 11 is 0. The molecule has 3 heteroatoms. The third-order valence-corrected chi connectivity index (χ3v) is 3.86. The predicted octanol–water partition coefficient (Wildman–Crippen LogP) is 1.94. The molecule has 0 spiro atoms. The van der Waals surface area contributed by atoms with Crippen LogP contribution in [-0.2, 0) is 4.74 Å². The second-order valence-corrected chi connectivity index (χ2v) is 4.95. The summed E-state index contributed by atoms with van der Waals surface area (Å²) < 4.78 is 5.63. The minimum absolute atomic E-state index is 0.102. The number of hydrogen-bond acceptors (Lipinski definition) is 3. The highest BCUT2D eigenvalue weighted by Gasteiger charge is 2.36. The molecule has 1 aromatic carbocycles. The van der Waals surface area contributed by atoms with Gasteiger partial charge in [0.1, 0.15) is 6.10 Å². The molecule has 3 aliphatic rings. The van der Waals surface area contributed by atoms with Gasteiger partial charge in [-0.3, -0.25) is 4.90 Å². The Kier molecular flexibility index (Phi) is 2.85. The Bertz CT molecular complexity index is 396. The Morgan fingerprint density at radius 3 is 2.47 bits per heavy atom. The molecule has 3 nitrogen and oxygen atoms in total. The fourth-order valence-corrected chi connectivity index (χ4v) is 2.82. The molecule has 3 heterocycles. The number of carbonyl (C=O) groups is 1. The lowest BCUT2D eigenvalue weighted by atomic mass is 9.86. The number of ether oxygens (including phenoxy) is 1. The van der Waals surface area contributed by atoms with Gasteiger partial charge in [0.05, 0.1) is 5.56 Å². The van der Waals surface area contributed by atoms with E-state index >= 15 is 0 Å². The van der Waals surface area contributed by atoms with Gasteiger partial charge in [-0.15, -0.1) is 0 Å². The van der Waals surface area contributed by atoms with E-state index in [1.54, 1.807) is 0 Å². The summed E-state index contributed by atoms with van der Waals surface area (Å²) in [6.45, 7) is 3.26. The Morgan fingerprint density at radius 1 is 1.18 bits per heavy atom. The smallest absolute Gasteiger partial charge is 0.338 e. The van der Waals surface area contributed by atoms with E-state index in [-0.39, 0.29) is 12.1 Å². The van der Waals surface area contributed by atoms with Crippen molar-refractivity contribution in [3.8, 4) is 0 Å². The van der Waals surface area contributed by atoms with E-state index in [1.165, 1.54) is 25.9 Å². The van der Waals surface area contributed by atoms with Gasteiger partial charge in [0.15, 0.2) is 0 Å². The molecule has 0 saturated carbocycles. The lowest BCUT2D eigenvalue weighted by Crippen LogP contribution is -2.51. The summed E-state index contributed by atoms with van der Waals surface area (Å²) in [6, 6.07) is 9.26. The average molecular weight is 231 g/mol. The van der Waals surface area contributed by atoms with Gasteiger partial charge in [-0.2, -0.15) is 0 Å². The van der Waals surface area contributed by atoms with E-state index in [9.17, 15) is 4.79 Å². The van der Waals surface area contributed by atoms with Crippen LogP contribution in [0.5, 0.6) is 0 Å². The van der Waals surface area contributed by atoms with Gasteiger partial charge in [-0.1, -0.05) is 18.2 Å². The first-order valence-electron chi connectivity index (χ1n) is 6.31. The van der Waals surface area contributed by atoms with Gasteiger partial charge in [-0.25, -0.2) is 4.79 Å². The molecule has 0 radical (unpaired) electrons. The van der Waals surface area contributed by atoms with E-state index in [2.05, 4.69) is 4.90 Å². The summed E-state index contributed by atoms with van der Waals surface area (Å²) in [7, 11) is 0. The fourth-order valence-electron chi connectivity index (χ4n) is 2.82.